The quantitative estimate of drug-likeness (QED) is 0.642. The first-order chi connectivity index (χ1) is 8.78. The fourth-order valence-electron chi connectivity index (χ4n) is 1.78. The van der Waals surface area contributed by atoms with Crippen LogP contribution in [0.1, 0.15) is 17.5 Å². The average Bonchev–Trinajstić information content (AvgIpc) is 2.87. The van der Waals surface area contributed by atoms with E-state index in [1.54, 1.807) is 18.4 Å². The third-order valence-electron chi connectivity index (χ3n) is 2.75. The predicted molar refractivity (Wildman–Crippen MR) is 74.5 cm³/mol. The van der Waals surface area contributed by atoms with Gasteiger partial charge in [-0.1, -0.05) is 13.0 Å². The summed E-state index contributed by atoms with van der Waals surface area (Å²) in [6.45, 7) is 2.72. The molecule has 5 heteroatoms. The zero-order valence-electron chi connectivity index (χ0n) is 10.6. The van der Waals surface area contributed by atoms with Crippen LogP contribution in [0.4, 0.5) is 0 Å². The summed E-state index contributed by atoms with van der Waals surface area (Å²) in [5.74, 6) is 6.15. The molecule has 0 amide bonds. The van der Waals surface area contributed by atoms with Gasteiger partial charge in [0.25, 0.3) is 0 Å². The zero-order chi connectivity index (χ0) is 13.0. The van der Waals surface area contributed by atoms with Gasteiger partial charge in [0.05, 0.1) is 19.3 Å². The molecule has 2 rings (SSSR count). The predicted octanol–water partition coefficient (Wildman–Crippen LogP) is 2.34. The van der Waals surface area contributed by atoms with Crippen LogP contribution in [-0.4, -0.2) is 12.1 Å². The molecule has 2 aromatic rings. The van der Waals surface area contributed by atoms with E-state index in [1.165, 1.54) is 5.56 Å². The van der Waals surface area contributed by atoms with Crippen molar-refractivity contribution in [1.82, 2.24) is 10.4 Å². The number of benzene rings is 1. The minimum atomic E-state index is 0.584. The molecule has 0 radical (unpaired) electrons. The molecular weight excluding hydrogens is 246 g/mol. The Hall–Kier alpha value is -1.43. The molecule has 1 heterocycles. The molecule has 1 aromatic heterocycles. The summed E-state index contributed by atoms with van der Waals surface area (Å²) >= 11 is 1.59. The maximum Gasteiger partial charge on any atom is 0.128 e. The number of rotatable bonds is 5. The summed E-state index contributed by atoms with van der Waals surface area (Å²) in [4.78, 5) is 4.55. The number of nitrogens with zero attached hydrogens (tertiary/aromatic N) is 1. The number of methoxy groups -OCH3 is 1. The van der Waals surface area contributed by atoms with Gasteiger partial charge >= 0.3 is 0 Å². The van der Waals surface area contributed by atoms with Gasteiger partial charge in [-0.15, -0.1) is 11.3 Å². The standard InChI is InChI=1S/C13H17N3OS/c1-3-9-4-5-12(17-2)10(6-9)11-8-18-13(16-11)7-15-14/h4-6,8,15H,3,7,14H2,1-2H3. The van der Waals surface area contributed by atoms with Crippen molar-refractivity contribution >= 4 is 11.3 Å². The van der Waals surface area contributed by atoms with Crippen molar-refractivity contribution in [2.75, 3.05) is 7.11 Å². The van der Waals surface area contributed by atoms with Gasteiger partial charge < -0.3 is 4.74 Å². The van der Waals surface area contributed by atoms with E-state index in [0.717, 1.165) is 28.4 Å². The van der Waals surface area contributed by atoms with Crippen LogP contribution in [0, 0.1) is 0 Å². The number of hydrazine groups is 1. The van der Waals surface area contributed by atoms with Crippen molar-refractivity contribution < 1.29 is 4.74 Å². The van der Waals surface area contributed by atoms with E-state index in [0.29, 0.717) is 6.54 Å². The smallest absolute Gasteiger partial charge is 0.128 e. The molecule has 0 saturated carbocycles. The normalized spacial score (nSPS) is 10.6. The number of aryl methyl sites for hydroxylation is 1. The SMILES string of the molecule is CCc1ccc(OC)c(-c2csc(CNN)n2)c1. The summed E-state index contributed by atoms with van der Waals surface area (Å²) in [6.07, 6.45) is 0.998. The third kappa shape index (κ3) is 2.69. The Balaban J connectivity index is 2.40. The van der Waals surface area contributed by atoms with E-state index in [-0.39, 0.29) is 0 Å². The van der Waals surface area contributed by atoms with E-state index >= 15 is 0 Å². The number of nitrogens with one attached hydrogen (secondary N) is 1. The van der Waals surface area contributed by atoms with Gasteiger partial charge in [-0.3, -0.25) is 11.3 Å². The van der Waals surface area contributed by atoms with Crippen LogP contribution < -0.4 is 16.0 Å². The molecule has 0 unspecified atom stereocenters. The van der Waals surface area contributed by atoms with Crippen LogP contribution in [0.15, 0.2) is 23.6 Å². The minimum Gasteiger partial charge on any atom is -0.496 e. The summed E-state index contributed by atoms with van der Waals surface area (Å²) in [5, 5.41) is 3.00. The fraction of sp³-hybridized carbons (Fsp3) is 0.308. The highest BCUT2D eigenvalue weighted by atomic mass is 32.1. The molecule has 96 valence electrons. The topological polar surface area (TPSA) is 60.2 Å². The highest BCUT2D eigenvalue weighted by Gasteiger charge is 2.10. The van der Waals surface area contributed by atoms with Crippen molar-refractivity contribution in [3.05, 3.63) is 34.2 Å². The van der Waals surface area contributed by atoms with Crippen LogP contribution in [-0.2, 0) is 13.0 Å². The molecule has 0 aliphatic carbocycles. The number of hydrogen-bond acceptors (Lipinski definition) is 5. The van der Waals surface area contributed by atoms with Gasteiger partial charge in [-0.05, 0) is 24.1 Å². The monoisotopic (exact) mass is 263 g/mol. The van der Waals surface area contributed by atoms with Crippen molar-refractivity contribution in [3.63, 3.8) is 0 Å². The molecular formula is C13H17N3OS. The van der Waals surface area contributed by atoms with Crippen LogP contribution >= 0.6 is 11.3 Å². The Labute approximate surface area is 111 Å². The van der Waals surface area contributed by atoms with Gasteiger partial charge in [-0.2, -0.15) is 0 Å². The second-order valence-electron chi connectivity index (χ2n) is 3.90. The molecule has 1 aromatic carbocycles. The fourth-order valence-corrected chi connectivity index (χ4v) is 2.52. The van der Waals surface area contributed by atoms with E-state index in [9.17, 15) is 0 Å². The first kappa shape index (κ1) is 13.0. The van der Waals surface area contributed by atoms with Crippen molar-refractivity contribution in [3.8, 4) is 17.0 Å². The summed E-state index contributed by atoms with van der Waals surface area (Å²) in [7, 11) is 1.68. The Kier molecular flexibility index (Phi) is 4.30. The lowest BCUT2D eigenvalue weighted by Gasteiger charge is -2.08. The lowest BCUT2D eigenvalue weighted by Crippen LogP contribution is -2.20. The summed E-state index contributed by atoms with van der Waals surface area (Å²) < 4.78 is 5.39. The molecule has 0 aliphatic heterocycles. The number of nitrogens with two attached hydrogens (primary N) is 1. The van der Waals surface area contributed by atoms with Crippen LogP contribution in [0.2, 0.25) is 0 Å². The van der Waals surface area contributed by atoms with Gasteiger partial charge in [0.15, 0.2) is 0 Å². The molecule has 0 spiro atoms. The van der Waals surface area contributed by atoms with E-state index < -0.39 is 0 Å². The van der Waals surface area contributed by atoms with Crippen LogP contribution in [0.5, 0.6) is 5.75 Å². The lowest BCUT2D eigenvalue weighted by molar-refractivity contribution is 0.416. The molecule has 4 nitrogen and oxygen atoms in total. The Morgan fingerprint density at radius 3 is 2.94 bits per heavy atom. The van der Waals surface area contributed by atoms with E-state index in [4.69, 9.17) is 10.6 Å². The number of aromatic nitrogens is 1. The Bertz CT molecular complexity index is 525. The largest absolute Gasteiger partial charge is 0.496 e. The first-order valence-corrected chi connectivity index (χ1v) is 6.71. The second-order valence-corrected chi connectivity index (χ2v) is 4.84. The van der Waals surface area contributed by atoms with Gasteiger partial charge in [0, 0.05) is 10.9 Å². The van der Waals surface area contributed by atoms with Crippen LogP contribution in [0.3, 0.4) is 0 Å². The maximum absolute atomic E-state index is 5.39. The number of ether oxygens (including phenoxy) is 1. The van der Waals surface area contributed by atoms with E-state index in [1.807, 2.05) is 11.4 Å². The number of hydrogen-bond donors (Lipinski definition) is 2. The molecule has 0 fully saturated rings. The summed E-state index contributed by atoms with van der Waals surface area (Å²) in [5.41, 5.74) is 5.87. The Morgan fingerprint density at radius 1 is 1.44 bits per heavy atom. The molecule has 0 saturated heterocycles. The lowest BCUT2D eigenvalue weighted by atomic mass is 10.1. The van der Waals surface area contributed by atoms with Crippen molar-refractivity contribution in [1.29, 1.82) is 0 Å². The van der Waals surface area contributed by atoms with Gasteiger partial charge in [0.2, 0.25) is 0 Å². The first-order valence-electron chi connectivity index (χ1n) is 5.83. The zero-order valence-corrected chi connectivity index (χ0v) is 11.4. The van der Waals surface area contributed by atoms with Gasteiger partial charge in [-0.25, -0.2) is 4.98 Å². The Morgan fingerprint density at radius 2 is 2.28 bits per heavy atom. The minimum absolute atomic E-state index is 0.584. The van der Waals surface area contributed by atoms with Crippen molar-refractivity contribution in [2.24, 2.45) is 5.84 Å². The van der Waals surface area contributed by atoms with Crippen molar-refractivity contribution in [2.45, 2.75) is 19.9 Å². The molecule has 0 aliphatic rings. The third-order valence-corrected chi connectivity index (χ3v) is 3.60. The van der Waals surface area contributed by atoms with Gasteiger partial charge in [0.1, 0.15) is 10.8 Å². The van der Waals surface area contributed by atoms with E-state index in [2.05, 4.69) is 29.5 Å². The van der Waals surface area contributed by atoms with Crippen LogP contribution in [0.25, 0.3) is 11.3 Å². The second kappa shape index (κ2) is 5.95. The average molecular weight is 263 g/mol. The summed E-state index contributed by atoms with van der Waals surface area (Å²) in [6, 6.07) is 6.21. The molecule has 0 bridgehead atoms. The molecule has 18 heavy (non-hydrogen) atoms. The highest BCUT2D eigenvalue weighted by molar-refractivity contribution is 7.09. The highest BCUT2D eigenvalue weighted by Crippen LogP contribution is 2.31. The number of thiazole rings is 1. The molecule has 0 atom stereocenters. The maximum atomic E-state index is 5.39. The molecule has 3 N–H and O–H groups in total.